The predicted octanol–water partition coefficient (Wildman–Crippen LogP) is 3.94. The highest BCUT2D eigenvalue weighted by molar-refractivity contribution is 9.10. The number of hydrogen-bond acceptors (Lipinski definition) is 2. The smallest absolute Gasteiger partial charge is 0.309 e. The lowest BCUT2D eigenvalue weighted by molar-refractivity contribution is -0.139. The summed E-state index contributed by atoms with van der Waals surface area (Å²) in [7, 11) is 0. The zero-order valence-electron chi connectivity index (χ0n) is 8.07. The van der Waals surface area contributed by atoms with E-state index in [9.17, 15) is 13.2 Å². The van der Waals surface area contributed by atoms with Crippen LogP contribution >= 0.6 is 27.3 Å². The molecule has 0 aliphatic carbocycles. The topological polar surface area (TPSA) is 12.0 Å². The van der Waals surface area contributed by atoms with Gasteiger partial charge in [0.05, 0.1) is 6.42 Å². The van der Waals surface area contributed by atoms with Gasteiger partial charge in [-0.2, -0.15) is 13.2 Å². The van der Waals surface area contributed by atoms with Gasteiger partial charge in [0.25, 0.3) is 0 Å². The maximum atomic E-state index is 12.0. The number of thiophene rings is 1. The van der Waals surface area contributed by atoms with E-state index in [1.165, 1.54) is 18.3 Å². The first-order valence-electron chi connectivity index (χ1n) is 4.40. The Bertz CT molecular complexity index is 311. The van der Waals surface area contributed by atoms with Crippen LogP contribution in [-0.2, 0) is 6.54 Å². The van der Waals surface area contributed by atoms with Crippen molar-refractivity contribution < 1.29 is 13.2 Å². The van der Waals surface area contributed by atoms with Gasteiger partial charge < -0.3 is 5.32 Å². The molecule has 0 spiro atoms. The summed E-state index contributed by atoms with van der Waals surface area (Å²) < 4.78 is 36.9. The minimum absolute atomic E-state index is 0.480. The first kappa shape index (κ1) is 13.0. The SMILES string of the molecule is CC(CC(F)(F)F)NCc1cc(Br)cs1. The lowest BCUT2D eigenvalue weighted by atomic mass is 10.2. The summed E-state index contributed by atoms with van der Waals surface area (Å²) in [5.41, 5.74) is 0. The molecule has 1 unspecified atom stereocenters. The Morgan fingerprint density at radius 2 is 2.20 bits per heavy atom. The monoisotopic (exact) mass is 301 g/mol. The lowest BCUT2D eigenvalue weighted by Gasteiger charge is -2.14. The van der Waals surface area contributed by atoms with E-state index in [2.05, 4.69) is 21.2 Å². The fourth-order valence-electron chi connectivity index (χ4n) is 1.14. The third kappa shape index (κ3) is 5.53. The Labute approximate surface area is 98.8 Å². The molecule has 0 fully saturated rings. The Morgan fingerprint density at radius 3 is 2.67 bits per heavy atom. The average molecular weight is 302 g/mol. The molecule has 0 amide bonds. The molecule has 6 heteroatoms. The van der Waals surface area contributed by atoms with E-state index in [0.717, 1.165) is 9.35 Å². The van der Waals surface area contributed by atoms with Crippen LogP contribution in [0.15, 0.2) is 15.9 Å². The highest BCUT2D eigenvalue weighted by Crippen LogP contribution is 2.22. The van der Waals surface area contributed by atoms with Gasteiger partial charge in [0.1, 0.15) is 0 Å². The van der Waals surface area contributed by atoms with Crippen molar-refractivity contribution in [3.05, 3.63) is 20.8 Å². The maximum absolute atomic E-state index is 12.0. The quantitative estimate of drug-likeness (QED) is 0.888. The number of alkyl halides is 3. The van der Waals surface area contributed by atoms with Gasteiger partial charge in [-0.15, -0.1) is 11.3 Å². The second-order valence-corrected chi connectivity index (χ2v) is 5.24. The second-order valence-electron chi connectivity index (χ2n) is 3.33. The Balaban J connectivity index is 2.31. The molecule has 0 saturated carbocycles. The van der Waals surface area contributed by atoms with Crippen molar-refractivity contribution in [1.29, 1.82) is 0 Å². The van der Waals surface area contributed by atoms with E-state index >= 15 is 0 Å². The number of rotatable bonds is 4. The first-order chi connectivity index (χ1) is 6.87. The fourth-order valence-corrected chi connectivity index (χ4v) is 2.54. The molecular weight excluding hydrogens is 291 g/mol. The molecule has 1 aromatic heterocycles. The summed E-state index contributed by atoms with van der Waals surface area (Å²) in [6, 6.07) is 1.35. The fraction of sp³-hybridized carbons (Fsp3) is 0.556. The maximum Gasteiger partial charge on any atom is 0.390 e. The van der Waals surface area contributed by atoms with Gasteiger partial charge in [-0.3, -0.25) is 0 Å². The largest absolute Gasteiger partial charge is 0.390 e. The highest BCUT2D eigenvalue weighted by atomic mass is 79.9. The minimum atomic E-state index is -4.09. The Morgan fingerprint density at radius 1 is 1.53 bits per heavy atom. The van der Waals surface area contributed by atoms with Crippen LogP contribution in [0.2, 0.25) is 0 Å². The normalized spacial score (nSPS) is 14.2. The van der Waals surface area contributed by atoms with Crippen LogP contribution < -0.4 is 5.32 Å². The molecule has 15 heavy (non-hydrogen) atoms. The van der Waals surface area contributed by atoms with Crippen LogP contribution in [0.25, 0.3) is 0 Å². The summed E-state index contributed by atoms with van der Waals surface area (Å²) in [5.74, 6) is 0. The van der Waals surface area contributed by atoms with Crippen LogP contribution in [0, 0.1) is 0 Å². The Kier molecular flexibility index (Phi) is 4.61. The van der Waals surface area contributed by atoms with Gasteiger partial charge in [-0.05, 0) is 28.9 Å². The zero-order valence-corrected chi connectivity index (χ0v) is 10.5. The van der Waals surface area contributed by atoms with Crippen LogP contribution in [0.3, 0.4) is 0 Å². The third-order valence-corrected chi connectivity index (χ3v) is 3.48. The zero-order chi connectivity index (χ0) is 11.5. The van der Waals surface area contributed by atoms with Gasteiger partial charge in [0, 0.05) is 27.3 Å². The van der Waals surface area contributed by atoms with Crippen molar-refractivity contribution in [2.24, 2.45) is 0 Å². The van der Waals surface area contributed by atoms with Crippen molar-refractivity contribution >= 4 is 27.3 Å². The van der Waals surface area contributed by atoms with Gasteiger partial charge in [-0.1, -0.05) is 0 Å². The number of nitrogens with one attached hydrogen (secondary N) is 1. The van der Waals surface area contributed by atoms with E-state index in [0.29, 0.717) is 6.54 Å². The molecule has 1 rings (SSSR count). The van der Waals surface area contributed by atoms with Crippen molar-refractivity contribution in [1.82, 2.24) is 5.32 Å². The summed E-state index contributed by atoms with van der Waals surface area (Å²) in [5, 5.41) is 4.75. The molecule has 0 saturated heterocycles. The lowest BCUT2D eigenvalue weighted by Crippen LogP contribution is -2.30. The molecule has 1 aromatic rings. The van der Waals surface area contributed by atoms with Gasteiger partial charge >= 0.3 is 6.18 Å². The molecule has 86 valence electrons. The molecule has 1 atom stereocenters. The predicted molar refractivity (Wildman–Crippen MR) is 59.0 cm³/mol. The van der Waals surface area contributed by atoms with Gasteiger partial charge in [0.15, 0.2) is 0 Å². The second kappa shape index (κ2) is 5.32. The van der Waals surface area contributed by atoms with Crippen LogP contribution in [0.4, 0.5) is 13.2 Å². The van der Waals surface area contributed by atoms with E-state index < -0.39 is 18.6 Å². The minimum Gasteiger partial charge on any atom is -0.309 e. The molecule has 1 N–H and O–H groups in total. The van der Waals surface area contributed by atoms with Crippen molar-refractivity contribution in [3.8, 4) is 0 Å². The van der Waals surface area contributed by atoms with Crippen LogP contribution in [-0.4, -0.2) is 12.2 Å². The summed E-state index contributed by atoms with van der Waals surface area (Å²) in [6.07, 6.45) is -4.89. The molecule has 0 radical (unpaired) electrons. The van der Waals surface area contributed by atoms with Crippen LogP contribution in [0.1, 0.15) is 18.2 Å². The molecule has 1 heterocycles. The Hall–Kier alpha value is -0.0700. The third-order valence-electron chi connectivity index (χ3n) is 1.78. The van der Waals surface area contributed by atoms with Crippen LogP contribution in [0.5, 0.6) is 0 Å². The molecule has 0 aliphatic heterocycles. The summed E-state index contributed by atoms with van der Waals surface area (Å²) in [4.78, 5) is 1.02. The first-order valence-corrected chi connectivity index (χ1v) is 6.07. The van der Waals surface area contributed by atoms with Crippen molar-refractivity contribution in [2.75, 3.05) is 0 Å². The molecule has 0 aromatic carbocycles. The standard InChI is InChI=1S/C9H11BrF3NS/c1-6(3-9(11,12)13)14-4-8-2-7(10)5-15-8/h2,5-6,14H,3-4H2,1H3. The molecule has 0 bridgehead atoms. The van der Waals surface area contributed by atoms with E-state index in [1.54, 1.807) is 0 Å². The number of halogens is 4. The van der Waals surface area contributed by atoms with Gasteiger partial charge in [0.2, 0.25) is 0 Å². The molecule has 0 aliphatic rings. The molecule has 1 nitrogen and oxygen atoms in total. The highest BCUT2D eigenvalue weighted by Gasteiger charge is 2.29. The molecular formula is C9H11BrF3NS. The van der Waals surface area contributed by atoms with Gasteiger partial charge in [-0.25, -0.2) is 0 Å². The van der Waals surface area contributed by atoms with E-state index in [1.807, 2.05) is 11.4 Å². The van der Waals surface area contributed by atoms with Crippen molar-refractivity contribution in [3.63, 3.8) is 0 Å². The van der Waals surface area contributed by atoms with E-state index in [4.69, 9.17) is 0 Å². The summed E-state index contributed by atoms with van der Waals surface area (Å²) >= 11 is 4.81. The summed E-state index contributed by atoms with van der Waals surface area (Å²) in [6.45, 7) is 2.02. The number of hydrogen-bond donors (Lipinski definition) is 1. The van der Waals surface area contributed by atoms with Crippen molar-refractivity contribution in [2.45, 2.75) is 32.1 Å². The van der Waals surface area contributed by atoms with E-state index in [-0.39, 0.29) is 0 Å². The average Bonchev–Trinajstić information content (AvgIpc) is 2.45.